The van der Waals surface area contributed by atoms with Gasteiger partial charge in [-0.25, -0.2) is 0 Å². The lowest BCUT2D eigenvalue weighted by molar-refractivity contribution is -0.148. The van der Waals surface area contributed by atoms with Gasteiger partial charge >= 0.3 is 12.1 Å². The van der Waals surface area contributed by atoms with E-state index in [9.17, 15) is 18.0 Å². The second-order valence-electron chi connectivity index (χ2n) is 3.78. The highest BCUT2D eigenvalue weighted by atomic mass is 19.4. The molecule has 0 aromatic rings. The number of rotatable bonds is 6. The standard InChI is InChI=1S/C10H18F3NO2/c1-4-16-9(15)8(2)7-14(3)6-5-10(11,12)13/h8H,4-7H2,1-3H3. The van der Waals surface area contributed by atoms with Crippen molar-refractivity contribution in [1.82, 2.24) is 4.90 Å². The minimum atomic E-state index is -4.15. The molecule has 0 aliphatic heterocycles. The first-order chi connectivity index (χ1) is 7.26. The third kappa shape index (κ3) is 7.50. The molecule has 0 aromatic heterocycles. The predicted molar refractivity (Wildman–Crippen MR) is 54.0 cm³/mol. The van der Waals surface area contributed by atoms with Crippen molar-refractivity contribution in [1.29, 1.82) is 0 Å². The van der Waals surface area contributed by atoms with Gasteiger partial charge in [0.2, 0.25) is 0 Å². The first-order valence-corrected chi connectivity index (χ1v) is 5.18. The summed E-state index contributed by atoms with van der Waals surface area (Å²) >= 11 is 0. The monoisotopic (exact) mass is 241 g/mol. The summed E-state index contributed by atoms with van der Waals surface area (Å²) in [5.74, 6) is -0.778. The summed E-state index contributed by atoms with van der Waals surface area (Å²) in [6, 6.07) is 0. The highest BCUT2D eigenvalue weighted by Gasteiger charge is 2.27. The summed E-state index contributed by atoms with van der Waals surface area (Å²) in [4.78, 5) is 12.7. The summed E-state index contributed by atoms with van der Waals surface area (Å²) in [6.07, 6.45) is -5.01. The molecular weight excluding hydrogens is 223 g/mol. The van der Waals surface area contributed by atoms with Gasteiger partial charge in [0, 0.05) is 13.1 Å². The molecule has 0 aromatic carbocycles. The van der Waals surface area contributed by atoms with Crippen LogP contribution in [0.1, 0.15) is 20.3 Å². The van der Waals surface area contributed by atoms with Crippen LogP contribution in [-0.4, -0.2) is 43.8 Å². The van der Waals surface area contributed by atoms with Crippen molar-refractivity contribution in [2.45, 2.75) is 26.4 Å². The highest BCUT2D eigenvalue weighted by molar-refractivity contribution is 5.72. The van der Waals surface area contributed by atoms with Gasteiger partial charge in [0.05, 0.1) is 18.9 Å². The third-order valence-electron chi connectivity index (χ3n) is 2.05. The van der Waals surface area contributed by atoms with Crippen LogP contribution in [0.2, 0.25) is 0 Å². The molecule has 0 aliphatic carbocycles. The Hall–Kier alpha value is -0.780. The molecule has 1 unspecified atom stereocenters. The van der Waals surface area contributed by atoms with E-state index in [2.05, 4.69) is 0 Å². The quantitative estimate of drug-likeness (QED) is 0.667. The Morgan fingerprint density at radius 1 is 1.44 bits per heavy atom. The van der Waals surface area contributed by atoms with Gasteiger partial charge in [-0.1, -0.05) is 6.92 Å². The molecule has 0 N–H and O–H groups in total. The summed E-state index contributed by atoms with van der Waals surface area (Å²) in [5, 5.41) is 0. The van der Waals surface area contributed by atoms with Crippen molar-refractivity contribution < 1.29 is 22.7 Å². The fraction of sp³-hybridized carbons (Fsp3) is 0.900. The molecule has 16 heavy (non-hydrogen) atoms. The topological polar surface area (TPSA) is 29.5 Å². The van der Waals surface area contributed by atoms with Crippen LogP contribution in [0.15, 0.2) is 0 Å². The summed E-state index contributed by atoms with van der Waals surface area (Å²) in [7, 11) is 1.56. The number of nitrogens with zero attached hydrogens (tertiary/aromatic N) is 1. The number of carbonyl (C=O) groups excluding carboxylic acids is 1. The lowest BCUT2D eigenvalue weighted by atomic mass is 10.1. The lowest BCUT2D eigenvalue weighted by Crippen LogP contribution is -2.32. The van der Waals surface area contributed by atoms with Crippen LogP contribution in [-0.2, 0) is 9.53 Å². The van der Waals surface area contributed by atoms with E-state index < -0.39 is 18.5 Å². The number of esters is 1. The summed E-state index contributed by atoms with van der Waals surface area (Å²) in [6.45, 7) is 3.79. The Kier molecular flexibility index (Phi) is 6.40. The van der Waals surface area contributed by atoms with Gasteiger partial charge in [0.15, 0.2) is 0 Å². The van der Waals surface area contributed by atoms with Crippen molar-refractivity contribution >= 4 is 5.97 Å². The number of halogens is 3. The second-order valence-corrected chi connectivity index (χ2v) is 3.78. The van der Waals surface area contributed by atoms with Gasteiger partial charge in [-0.15, -0.1) is 0 Å². The molecule has 96 valence electrons. The van der Waals surface area contributed by atoms with E-state index in [1.807, 2.05) is 0 Å². The molecule has 0 radical (unpaired) electrons. The molecule has 0 aliphatic rings. The maximum atomic E-state index is 11.9. The van der Waals surface area contributed by atoms with E-state index in [0.29, 0.717) is 0 Å². The lowest BCUT2D eigenvalue weighted by Gasteiger charge is -2.20. The highest BCUT2D eigenvalue weighted by Crippen LogP contribution is 2.19. The van der Waals surface area contributed by atoms with Crippen molar-refractivity contribution in [3.8, 4) is 0 Å². The minimum Gasteiger partial charge on any atom is -0.466 e. The molecule has 3 nitrogen and oxygen atoms in total. The maximum Gasteiger partial charge on any atom is 0.390 e. The van der Waals surface area contributed by atoms with Crippen molar-refractivity contribution in [2.75, 3.05) is 26.7 Å². The normalized spacial score (nSPS) is 13.9. The first-order valence-electron chi connectivity index (χ1n) is 5.18. The van der Waals surface area contributed by atoms with Crippen LogP contribution >= 0.6 is 0 Å². The zero-order valence-electron chi connectivity index (χ0n) is 9.80. The predicted octanol–water partition coefficient (Wildman–Crippen LogP) is 2.07. The molecule has 0 bridgehead atoms. The zero-order chi connectivity index (χ0) is 12.8. The average Bonchev–Trinajstić information content (AvgIpc) is 2.14. The van der Waals surface area contributed by atoms with Crippen LogP contribution in [0.25, 0.3) is 0 Å². The first kappa shape index (κ1) is 15.2. The Balaban J connectivity index is 3.86. The van der Waals surface area contributed by atoms with E-state index in [-0.39, 0.29) is 25.7 Å². The van der Waals surface area contributed by atoms with Crippen molar-refractivity contribution in [3.05, 3.63) is 0 Å². The van der Waals surface area contributed by atoms with E-state index in [1.165, 1.54) is 4.90 Å². The number of hydrogen-bond donors (Lipinski definition) is 0. The Labute approximate surface area is 93.6 Å². The SMILES string of the molecule is CCOC(=O)C(C)CN(C)CCC(F)(F)F. The van der Waals surface area contributed by atoms with E-state index in [1.54, 1.807) is 20.9 Å². The summed E-state index contributed by atoms with van der Waals surface area (Å²) in [5.41, 5.74) is 0. The van der Waals surface area contributed by atoms with E-state index >= 15 is 0 Å². The van der Waals surface area contributed by atoms with E-state index in [4.69, 9.17) is 4.74 Å². The van der Waals surface area contributed by atoms with Gasteiger partial charge in [0.1, 0.15) is 0 Å². The van der Waals surface area contributed by atoms with E-state index in [0.717, 1.165) is 0 Å². The molecule has 0 saturated carbocycles. The molecule has 0 saturated heterocycles. The molecular formula is C10H18F3NO2. The van der Waals surface area contributed by atoms with Gasteiger partial charge in [0.25, 0.3) is 0 Å². The van der Waals surface area contributed by atoms with Gasteiger partial charge in [-0.3, -0.25) is 4.79 Å². The smallest absolute Gasteiger partial charge is 0.390 e. The van der Waals surface area contributed by atoms with Crippen molar-refractivity contribution in [3.63, 3.8) is 0 Å². The molecule has 0 heterocycles. The molecule has 0 amide bonds. The average molecular weight is 241 g/mol. The molecule has 1 atom stereocenters. The maximum absolute atomic E-state index is 11.9. The molecule has 0 rings (SSSR count). The Bertz CT molecular complexity index is 219. The van der Waals surface area contributed by atoms with Gasteiger partial charge in [-0.2, -0.15) is 13.2 Å². The Morgan fingerprint density at radius 2 is 2.00 bits per heavy atom. The number of alkyl halides is 3. The van der Waals surface area contributed by atoms with Gasteiger partial charge < -0.3 is 9.64 Å². The fourth-order valence-electron chi connectivity index (χ4n) is 1.24. The Morgan fingerprint density at radius 3 is 2.44 bits per heavy atom. The summed E-state index contributed by atoms with van der Waals surface area (Å²) < 4.78 is 40.5. The fourth-order valence-corrected chi connectivity index (χ4v) is 1.24. The third-order valence-corrected chi connectivity index (χ3v) is 2.05. The zero-order valence-corrected chi connectivity index (χ0v) is 9.80. The number of carbonyl (C=O) groups is 1. The largest absolute Gasteiger partial charge is 0.466 e. The molecule has 6 heteroatoms. The number of hydrogen-bond acceptors (Lipinski definition) is 3. The van der Waals surface area contributed by atoms with Crippen LogP contribution in [0.5, 0.6) is 0 Å². The second kappa shape index (κ2) is 6.73. The van der Waals surface area contributed by atoms with Crippen molar-refractivity contribution in [2.24, 2.45) is 5.92 Å². The van der Waals surface area contributed by atoms with Crippen LogP contribution in [0, 0.1) is 5.92 Å². The molecule has 0 spiro atoms. The van der Waals surface area contributed by atoms with Gasteiger partial charge in [-0.05, 0) is 14.0 Å². The molecule has 0 fully saturated rings. The van der Waals surface area contributed by atoms with Crippen LogP contribution in [0.3, 0.4) is 0 Å². The van der Waals surface area contributed by atoms with Crippen LogP contribution in [0.4, 0.5) is 13.2 Å². The minimum absolute atomic E-state index is 0.104. The number of ether oxygens (including phenoxy) is 1. The van der Waals surface area contributed by atoms with Crippen LogP contribution < -0.4 is 0 Å².